The van der Waals surface area contributed by atoms with Crippen LogP contribution in [0, 0.1) is 80.8 Å². The molecule has 4 heteroatoms. The van der Waals surface area contributed by atoms with Crippen molar-refractivity contribution in [1.29, 1.82) is 5.26 Å². The smallest absolute Gasteiger partial charge is 0.334 e. The summed E-state index contributed by atoms with van der Waals surface area (Å²) in [6.07, 6.45) is 11.5. The van der Waals surface area contributed by atoms with E-state index in [-0.39, 0.29) is 29.6 Å². The molecule has 4 nitrogen and oxygen atoms in total. The SMILES string of the molecule is CCOC(=O)C1(C#N)C(=O)CC2CCC3C4C5CC5CC(C(C)CCCC(C)C)C4(C)CCC3(C)C21. The quantitative estimate of drug-likeness (QED) is 0.276. The molecule has 0 radical (unpaired) electrons. The average Bonchev–Trinajstić information content (AvgIpc) is 3.52. The molecule has 0 spiro atoms. The first kappa shape index (κ1) is 26.2. The predicted octanol–water partition coefficient (Wildman–Crippen LogP) is 7.22. The first-order chi connectivity index (χ1) is 17.0. The van der Waals surface area contributed by atoms with Crippen molar-refractivity contribution in [3.05, 3.63) is 0 Å². The van der Waals surface area contributed by atoms with Crippen LogP contribution in [0.1, 0.15) is 106 Å². The van der Waals surface area contributed by atoms with Crippen molar-refractivity contribution in [2.75, 3.05) is 6.61 Å². The molecular weight excluding hydrogens is 446 g/mol. The fourth-order valence-corrected chi connectivity index (χ4v) is 10.8. The van der Waals surface area contributed by atoms with Gasteiger partial charge in [-0.3, -0.25) is 4.79 Å². The fraction of sp³-hybridized carbons (Fsp3) is 0.906. The average molecular weight is 496 g/mol. The largest absolute Gasteiger partial charge is 0.464 e. The Labute approximate surface area is 219 Å². The normalized spacial score (nSPS) is 47.7. The lowest BCUT2D eigenvalue weighted by Crippen LogP contribution is -2.61. The first-order valence-corrected chi connectivity index (χ1v) is 15.2. The molecule has 5 aliphatic carbocycles. The molecule has 5 aliphatic rings. The standard InChI is InChI=1S/C32H49NO3/c1-7-36-29(35)32(18-33)26(34)17-21-11-12-24-27-23-15-22(23)16-25(20(4)10-8-9-19(2)3)30(27,5)13-14-31(24,6)28(21)32/h19-25,27-28H,7-17H2,1-6H3. The van der Waals surface area contributed by atoms with Crippen molar-refractivity contribution in [2.45, 2.75) is 106 Å². The second-order valence-electron chi connectivity index (χ2n) is 14.5. The lowest BCUT2D eigenvalue weighted by atomic mass is 9.39. The summed E-state index contributed by atoms with van der Waals surface area (Å²) in [5, 5.41) is 10.4. The van der Waals surface area contributed by atoms with Gasteiger partial charge in [0.1, 0.15) is 0 Å². The van der Waals surface area contributed by atoms with Crippen molar-refractivity contribution >= 4 is 11.8 Å². The maximum absolute atomic E-state index is 13.4. The highest BCUT2D eigenvalue weighted by Gasteiger charge is 2.73. The molecule has 36 heavy (non-hydrogen) atoms. The van der Waals surface area contributed by atoms with E-state index in [0.29, 0.717) is 23.7 Å². The zero-order valence-electron chi connectivity index (χ0n) is 23.6. The highest BCUT2D eigenvalue weighted by atomic mass is 16.5. The van der Waals surface area contributed by atoms with Gasteiger partial charge in [-0.2, -0.15) is 5.26 Å². The number of rotatable bonds is 7. The Bertz CT molecular complexity index is 936. The molecule has 0 saturated heterocycles. The number of hydrogen-bond donors (Lipinski definition) is 0. The number of carbonyl (C=O) groups excluding carboxylic acids is 2. The highest BCUT2D eigenvalue weighted by molar-refractivity contribution is 6.09. The molecule has 0 amide bonds. The molecular formula is C32H49NO3. The van der Waals surface area contributed by atoms with Crippen LogP contribution >= 0.6 is 0 Å². The third-order valence-corrected chi connectivity index (χ3v) is 12.4. The van der Waals surface area contributed by atoms with Crippen LogP contribution in [-0.4, -0.2) is 18.4 Å². The van der Waals surface area contributed by atoms with Crippen LogP contribution in [0.4, 0.5) is 0 Å². The van der Waals surface area contributed by atoms with Gasteiger partial charge < -0.3 is 4.74 Å². The topological polar surface area (TPSA) is 67.2 Å². The minimum atomic E-state index is -1.59. The van der Waals surface area contributed by atoms with Gasteiger partial charge in [0.15, 0.2) is 5.78 Å². The second kappa shape index (κ2) is 9.13. The van der Waals surface area contributed by atoms with Gasteiger partial charge in [0, 0.05) is 12.3 Å². The van der Waals surface area contributed by atoms with Gasteiger partial charge in [-0.1, -0.05) is 53.9 Å². The molecule has 5 fully saturated rings. The number of ether oxygens (including phenoxy) is 1. The van der Waals surface area contributed by atoms with Gasteiger partial charge in [0.05, 0.1) is 12.7 Å². The summed E-state index contributed by atoms with van der Waals surface area (Å²) in [6.45, 7) is 14.2. The monoisotopic (exact) mass is 495 g/mol. The number of fused-ring (bicyclic) bond motifs is 7. The molecule has 0 aromatic heterocycles. The van der Waals surface area contributed by atoms with Crippen LogP contribution in [0.3, 0.4) is 0 Å². The van der Waals surface area contributed by atoms with Crippen molar-refractivity contribution in [3.8, 4) is 6.07 Å². The van der Waals surface area contributed by atoms with E-state index in [1.54, 1.807) is 6.92 Å². The van der Waals surface area contributed by atoms with Crippen LogP contribution < -0.4 is 0 Å². The number of nitriles is 1. The molecule has 0 bridgehead atoms. The van der Waals surface area contributed by atoms with Crippen LogP contribution in [0.5, 0.6) is 0 Å². The number of hydrogen-bond acceptors (Lipinski definition) is 4. The minimum absolute atomic E-state index is 0.141. The number of nitrogens with zero attached hydrogens (tertiary/aromatic N) is 1. The van der Waals surface area contributed by atoms with Gasteiger partial charge in [0.25, 0.3) is 0 Å². The number of carbonyl (C=O) groups is 2. The molecule has 0 aromatic rings. The summed E-state index contributed by atoms with van der Waals surface area (Å²) < 4.78 is 5.44. The van der Waals surface area contributed by atoms with Crippen LogP contribution in [0.25, 0.3) is 0 Å². The third-order valence-electron chi connectivity index (χ3n) is 12.4. The van der Waals surface area contributed by atoms with E-state index in [1.807, 2.05) is 0 Å². The van der Waals surface area contributed by atoms with Crippen LogP contribution in [0.15, 0.2) is 0 Å². The Kier molecular flexibility index (Phi) is 6.66. The highest BCUT2D eigenvalue weighted by Crippen LogP contribution is 2.76. The van der Waals surface area contributed by atoms with Crippen molar-refractivity contribution in [2.24, 2.45) is 69.5 Å². The Balaban J connectivity index is 1.47. The number of Topliss-reactive ketones (excluding diaryl/α,β-unsaturated/α-hetero) is 1. The summed E-state index contributed by atoms with van der Waals surface area (Å²) in [7, 11) is 0. The second-order valence-corrected chi connectivity index (χ2v) is 14.5. The van der Waals surface area contributed by atoms with Crippen molar-refractivity contribution in [3.63, 3.8) is 0 Å². The summed E-state index contributed by atoms with van der Waals surface area (Å²) in [5.74, 6) is 4.39. The molecule has 0 aliphatic heterocycles. The zero-order valence-corrected chi connectivity index (χ0v) is 23.6. The summed E-state index contributed by atoms with van der Waals surface area (Å²) in [6, 6.07) is 2.31. The molecule has 11 unspecified atom stereocenters. The van der Waals surface area contributed by atoms with Gasteiger partial charge in [-0.15, -0.1) is 0 Å². The van der Waals surface area contributed by atoms with Crippen molar-refractivity contribution in [1.82, 2.24) is 0 Å². The Hall–Kier alpha value is -1.37. The molecule has 5 rings (SSSR count). The Morgan fingerprint density at radius 2 is 1.81 bits per heavy atom. The minimum Gasteiger partial charge on any atom is -0.464 e. The third kappa shape index (κ3) is 3.65. The van der Waals surface area contributed by atoms with Crippen LogP contribution in [0.2, 0.25) is 0 Å². The zero-order chi connectivity index (χ0) is 26.0. The number of ketones is 1. The van der Waals surface area contributed by atoms with Gasteiger partial charge in [-0.25, -0.2) is 4.79 Å². The van der Waals surface area contributed by atoms with E-state index in [2.05, 4.69) is 40.7 Å². The lowest BCUT2D eigenvalue weighted by molar-refractivity contribution is -0.183. The summed E-state index contributed by atoms with van der Waals surface area (Å²) in [5.41, 5.74) is -1.39. The molecule has 11 atom stereocenters. The van der Waals surface area contributed by atoms with Crippen LogP contribution in [-0.2, 0) is 14.3 Å². The molecule has 0 aromatic carbocycles. The van der Waals surface area contributed by atoms with E-state index >= 15 is 0 Å². The molecule has 5 saturated carbocycles. The molecule has 0 N–H and O–H groups in total. The van der Waals surface area contributed by atoms with Crippen molar-refractivity contribution < 1.29 is 14.3 Å². The van der Waals surface area contributed by atoms with E-state index in [4.69, 9.17) is 4.74 Å². The molecule has 0 heterocycles. The lowest BCUT2D eigenvalue weighted by Gasteiger charge is -2.65. The van der Waals surface area contributed by atoms with Gasteiger partial charge in [0.2, 0.25) is 5.41 Å². The first-order valence-electron chi connectivity index (χ1n) is 15.2. The van der Waals surface area contributed by atoms with E-state index in [1.165, 1.54) is 38.5 Å². The maximum Gasteiger partial charge on any atom is 0.334 e. The summed E-state index contributed by atoms with van der Waals surface area (Å²) >= 11 is 0. The summed E-state index contributed by atoms with van der Waals surface area (Å²) in [4.78, 5) is 26.7. The fourth-order valence-electron chi connectivity index (χ4n) is 10.8. The predicted molar refractivity (Wildman–Crippen MR) is 141 cm³/mol. The van der Waals surface area contributed by atoms with E-state index < -0.39 is 11.4 Å². The maximum atomic E-state index is 13.4. The number of esters is 1. The Morgan fingerprint density at radius 1 is 1.08 bits per heavy atom. The van der Waals surface area contributed by atoms with Gasteiger partial charge >= 0.3 is 5.97 Å². The van der Waals surface area contributed by atoms with E-state index in [0.717, 1.165) is 48.9 Å². The Morgan fingerprint density at radius 3 is 2.47 bits per heavy atom. The molecule has 200 valence electrons. The van der Waals surface area contributed by atoms with E-state index in [9.17, 15) is 14.9 Å². The van der Waals surface area contributed by atoms with Gasteiger partial charge in [-0.05, 0) is 104 Å².